The summed E-state index contributed by atoms with van der Waals surface area (Å²) in [6, 6.07) is 3.76. The average molecular weight is 246 g/mol. The highest BCUT2D eigenvalue weighted by Gasteiger charge is 2.12. The molecule has 0 aliphatic rings. The number of pyridine rings is 1. The lowest BCUT2D eigenvalue weighted by Gasteiger charge is -1.87. The van der Waals surface area contributed by atoms with Gasteiger partial charge in [-0.05, 0) is 19.1 Å². The summed E-state index contributed by atoms with van der Waals surface area (Å²) >= 11 is 1.50. The third kappa shape index (κ3) is 1.81. The van der Waals surface area contributed by atoms with E-state index in [-0.39, 0.29) is 0 Å². The maximum atomic E-state index is 5.60. The molecule has 0 saturated carbocycles. The van der Waals surface area contributed by atoms with E-state index in [1.54, 1.807) is 0 Å². The fourth-order valence-electron chi connectivity index (χ4n) is 1.53. The van der Waals surface area contributed by atoms with Crippen LogP contribution in [0, 0.1) is 6.92 Å². The predicted octanol–water partition coefficient (Wildman–Crippen LogP) is 2.11. The van der Waals surface area contributed by atoms with Crippen molar-refractivity contribution in [2.75, 3.05) is 0 Å². The summed E-state index contributed by atoms with van der Waals surface area (Å²) in [5.41, 5.74) is 8.44. The molecule has 3 aromatic heterocycles. The molecule has 6 heteroatoms. The van der Waals surface area contributed by atoms with Crippen molar-refractivity contribution in [3.63, 3.8) is 0 Å². The topological polar surface area (TPSA) is 77.8 Å². The summed E-state index contributed by atoms with van der Waals surface area (Å²) in [6.07, 6.45) is 0. The van der Waals surface area contributed by atoms with E-state index in [1.165, 1.54) is 11.3 Å². The third-order valence-electron chi connectivity index (χ3n) is 2.34. The molecule has 0 aliphatic carbocycles. The monoisotopic (exact) mass is 246 g/mol. The summed E-state index contributed by atoms with van der Waals surface area (Å²) in [5, 5.41) is 2.76. The van der Waals surface area contributed by atoms with Crippen LogP contribution in [-0.2, 0) is 6.54 Å². The van der Waals surface area contributed by atoms with E-state index in [4.69, 9.17) is 10.2 Å². The number of nitrogens with two attached hydrogens (primary N) is 1. The highest BCUT2D eigenvalue weighted by molar-refractivity contribution is 7.09. The molecular weight excluding hydrogens is 236 g/mol. The highest BCUT2D eigenvalue weighted by Crippen LogP contribution is 2.24. The van der Waals surface area contributed by atoms with Gasteiger partial charge in [-0.3, -0.25) is 0 Å². The number of hydrogen-bond acceptors (Lipinski definition) is 6. The number of nitrogens with zero attached hydrogens (tertiary/aromatic N) is 3. The van der Waals surface area contributed by atoms with Gasteiger partial charge in [0.25, 0.3) is 0 Å². The molecule has 0 aliphatic heterocycles. The minimum Gasteiger partial charge on any atom is -0.433 e. The number of fused-ring (bicyclic) bond motifs is 1. The van der Waals surface area contributed by atoms with Gasteiger partial charge in [0.2, 0.25) is 5.89 Å². The number of oxazole rings is 1. The van der Waals surface area contributed by atoms with E-state index < -0.39 is 0 Å². The summed E-state index contributed by atoms with van der Waals surface area (Å²) in [7, 11) is 0. The van der Waals surface area contributed by atoms with Crippen LogP contribution < -0.4 is 5.73 Å². The van der Waals surface area contributed by atoms with Gasteiger partial charge in [-0.1, -0.05) is 0 Å². The highest BCUT2D eigenvalue weighted by atomic mass is 32.1. The Labute approximate surface area is 101 Å². The Morgan fingerprint density at radius 2 is 2.18 bits per heavy atom. The number of rotatable bonds is 2. The van der Waals surface area contributed by atoms with Crippen LogP contribution in [0.15, 0.2) is 21.9 Å². The first-order chi connectivity index (χ1) is 8.26. The van der Waals surface area contributed by atoms with E-state index in [9.17, 15) is 0 Å². The molecule has 0 aromatic carbocycles. The second-order valence-electron chi connectivity index (χ2n) is 3.62. The Morgan fingerprint density at radius 1 is 1.29 bits per heavy atom. The molecule has 0 atom stereocenters. The quantitative estimate of drug-likeness (QED) is 0.749. The Hall–Kier alpha value is -1.79. The van der Waals surface area contributed by atoms with Crippen LogP contribution in [0.4, 0.5) is 0 Å². The molecule has 0 saturated heterocycles. The largest absolute Gasteiger partial charge is 0.433 e. The molecule has 0 amide bonds. The lowest BCUT2D eigenvalue weighted by Crippen LogP contribution is -1.94. The molecule has 5 nitrogen and oxygen atoms in total. The zero-order chi connectivity index (χ0) is 11.8. The van der Waals surface area contributed by atoms with Crippen molar-refractivity contribution < 1.29 is 4.42 Å². The molecule has 0 unspecified atom stereocenters. The number of hydrogen-bond donors (Lipinski definition) is 1. The zero-order valence-electron chi connectivity index (χ0n) is 9.17. The van der Waals surface area contributed by atoms with Gasteiger partial charge >= 0.3 is 0 Å². The Morgan fingerprint density at radius 3 is 2.94 bits per heavy atom. The molecule has 2 N–H and O–H groups in total. The van der Waals surface area contributed by atoms with E-state index >= 15 is 0 Å². The molecule has 0 spiro atoms. The molecule has 3 rings (SSSR count). The van der Waals surface area contributed by atoms with Gasteiger partial charge < -0.3 is 10.2 Å². The fourth-order valence-corrected chi connectivity index (χ4v) is 2.17. The van der Waals surface area contributed by atoms with E-state index in [2.05, 4.69) is 15.0 Å². The Balaban J connectivity index is 2.11. The predicted molar refractivity (Wildman–Crippen MR) is 65.5 cm³/mol. The van der Waals surface area contributed by atoms with Crippen LogP contribution in [0.3, 0.4) is 0 Å². The number of aryl methyl sites for hydroxylation is 1. The van der Waals surface area contributed by atoms with Crippen molar-refractivity contribution >= 4 is 22.6 Å². The maximum Gasteiger partial charge on any atom is 0.248 e. The SMILES string of the molecule is Cc1ccc2oc(-c3csc(CN)n3)nc2n1. The van der Waals surface area contributed by atoms with Crippen molar-refractivity contribution in [3.8, 4) is 11.6 Å². The van der Waals surface area contributed by atoms with Gasteiger partial charge in [0.15, 0.2) is 11.2 Å². The van der Waals surface area contributed by atoms with Crippen LogP contribution in [0.1, 0.15) is 10.7 Å². The molecule has 3 aromatic rings. The molecule has 17 heavy (non-hydrogen) atoms. The lowest BCUT2D eigenvalue weighted by atomic mass is 10.4. The molecule has 3 heterocycles. The normalized spacial score (nSPS) is 11.2. The second kappa shape index (κ2) is 3.90. The standard InChI is InChI=1S/C11H10N4OS/c1-6-2-3-8-10(13-6)15-11(16-8)7-5-17-9(4-12)14-7/h2-3,5H,4,12H2,1H3. The first-order valence-corrected chi connectivity index (χ1v) is 6.03. The van der Waals surface area contributed by atoms with Gasteiger partial charge in [0.05, 0.1) is 0 Å². The zero-order valence-corrected chi connectivity index (χ0v) is 9.99. The summed E-state index contributed by atoms with van der Waals surface area (Å²) in [6.45, 7) is 2.35. The Kier molecular flexibility index (Phi) is 2.38. The van der Waals surface area contributed by atoms with E-state index in [0.29, 0.717) is 29.4 Å². The van der Waals surface area contributed by atoms with Crippen molar-refractivity contribution in [2.45, 2.75) is 13.5 Å². The molecule has 0 bridgehead atoms. The third-order valence-corrected chi connectivity index (χ3v) is 3.21. The van der Waals surface area contributed by atoms with Gasteiger partial charge in [-0.25, -0.2) is 9.97 Å². The van der Waals surface area contributed by atoms with Crippen molar-refractivity contribution in [2.24, 2.45) is 5.73 Å². The smallest absolute Gasteiger partial charge is 0.248 e. The van der Waals surface area contributed by atoms with Crippen LogP contribution >= 0.6 is 11.3 Å². The molecule has 0 fully saturated rings. The molecule has 86 valence electrons. The molecule has 0 radical (unpaired) electrons. The van der Waals surface area contributed by atoms with E-state index in [0.717, 1.165) is 10.7 Å². The summed E-state index contributed by atoms with van der Waals surface area (Å²) < 4.78 is 5.60. The number of thiazole rings is 1. The van der Waals surface area contributed by atoms with Crippen LogP contribution in [-0.4, -0.2) is 15.0 Å². The van der Waals surface area contributed by atoms with Crippen LogP contribution in [0.25, 0.3) is 22.8 Å². The average Bonchev–Trinajstić information content (AvgIpc) is 2.93. The van der Waals surface area contributed by atoms with Gasteiger partial charge in [0.1, 0.15) is 10.7 Å². The van der Waals surface area contributed by atoms with E-state index in [1.807, 2.05) is 24.4 Å². The number of aromatic nitrogens is 3. The van der Waals surface area contributed by atoms with Crippen LogP contribution in [0.2, 0.25) is 0 Å². The van der Waals surface area contributed by atoms with Crippen molar-refractivity contribution in [3.05, 3.63) is 28.2 Å². The van der Waals surface area contributed by atoms with Crippen LogP contribution in [0.5, 0.6) is 0 Å². The van der Waals surface area contributed by atoms with Gasteiger partial charge in [-0.15, -0.1) is 11.3 Å². The molecular formula is C11H10N4OS. The first-order valence-electron chi connectivity index (χ1n) is 5.15. The van der Waals surface area contributed by atoms with Gasteiger partial charge in [0, 0.05) is 17.6 Å². The van der Waals surface area contributed by atoms with Gasteiger partial charge in [-0.2, -0.15) is 4.98 Å². The summed E-state index contributed by atoms with van der Waals surface area (Å²) in [5.74, 6) is 0.494. The summed E-state index contributed by atoms with van der Waals surface area (Å²) in [4.78, 5) is 12.9. The van der Waals surface area contributed by atoms with Crippen molar-refractivity contribution in [1.82, 2.24) is 15.0 Å². The lowest BCUT2D eigenvalue weighted by molar-refractivity contribution is 0.617. The minimum absolute atomic E-state index is 0.433. The maximum absolute atomic E-state index is 5.60. The van der Waals surface area contributed by atoms with Crippen molar-refractivity contribution in [1.29, 1.82) is 0 Å². The fraction of sp³-hybridized carbons (Fsp3) is 0.182. The second-order valence-corrected chi connectivity index (χ2v) is 4.57. The Bertz CT molecular complexity index is 673. The first kappa shape index (κ1) is 10.4. The minimum atomic E-state index is 0.433.